The van der Waals surface area contributed by atoms with E-state index in [0.717, 1.165) is 47.9 Å². The number of aromatic nitrogens is 2. The lowest BCUT2D eigenvalue weighted by atomic mass is 9.98. The van der Waals surface area contributed by atoms with Crippen molar-refractivity contribution in [3.63, 3.8) is 0 Å². The predicted octanol–water partition coefficient (Wildman–Crippen LogP) is 7.81. The second-order valence-corrected chi connectivity index (χ2v) is 8.47. The highest BCUT2D eigenvalue weighted by Crippen LogP contribution is 2.30. The Labute approximate surface area is 201 Å². The average molecular weight is 483 g/mol. The monoisotopic (exact) mass is 482 g/mol. The highest BCUT2D eigenvalue weighted by Gasteiger charge is 2.29. The summed E-state index contributed by atoms with van der Waals surface area (Å²) >= 11 is 0. The van der Waals surface area contributed by atoms with E-state index in [4.69, 9.17) is 4.74 Å². The molecule has 0 aliphatic rings. The molecule has 0 fully saturated rings. The van der Waals surface area contributed by atoms with Crippen LogP contribution in [0.3, 0.4) is 0 Å². The molecule has 0 bridgehead atoms. The van der Waals surface area contributed by atoms with Crippen molar-refractivity contribution < 1.29 is 22.3 Å². The Hall–Kier alpha value is -3.48. The Bertz CT molecular complexity index is 1270. The quantitative estimate of drug-likeness (QED) is 0.180. The van der Waals surface area contributed by atoms with E-state index in [0.29, 0.717) is 42.0 Å². The van der Waals surface area contributed by atoms with Gasteiger partial charge in [0.15, 0.2) is 11.6 Å². The number of hydrogen-bond acceptors (Lipinski definition) is 3. The van der Waals surface area contributed by atoms with E-state index in [1.54, 1.807) is 30.6 Å². The highest BCUT2D eigenvalue weighted by molar-refractivity contribution is 5.87. The molecule has 0 unspecified atom stereocenters. The van der Waals surface area contributed by atoms with Crippen molar-refractivity contribution >= 4 is 10.8 Å². The fourth-order valence-corrected chi connectivity index (χ4v) is 3.89. The van der Waals surface area contributed by atoms with E-state index in [9.17, 15) is 13.2 Å². The summed E-state index contributed by atoms with van der Waals surface area (Å²) < 4.78 is 59.0. The third kappa shape index (κ3) is 6.15. The molecule has 0 saturated carbocycles. The van der Waals surface area contributed by atoms with Crippen LogP contribution in [0.2, 0.25) is 0 Å². The van der Waals surface area contributed by atoms with Gasteiger partial charge in [0.1, 0.15) is 5.82 Å². The lowest BCUT2D eigenvalue weighted by Crippen LogP contribution is -2.04. The molecule has 0 aliphatic carbocycles. The van der Waals surface area contributed by atoms with Crippen molar-refractivity contribution in [2.24, 2.45) is 0 Å². The van der Waals surface area contributed by atoms with E-state index in [1.165, 1.54) is 12.1 Å². The predicted molar refractivity (Wildman–Crippen MR) is 129 cm³/mol. The summed E-state index contributed by atoms with van der Waals surface area (Å²) in [7, 11) is 0. The topological polar surface area (TPSA) is 35.0 Å². The zero-order chi connectivity index (χ0) is 24.8. The molecule has 0 amide bonds. The van der Waals surface area contributed by atoms with E-state index < -0.39 is 11.7 Å². The zero-order valence-electron chi connectivity index (χ0n) is 19.4. The Morgan fingerprint density at radius 1 is 0.857 bits per heavy atom. The fraction of sp³-hybridized carbons (Fsp3) is 0.286. The lowest BCUT2D eigenvalue weighted by molar-refractivity contribution is -0.137. The highest BCUT2D eigenvalue weighted by atomic mass is 19.4. The van der Waals surface area contributed by atoms with Crippen LogP contribution in [0.4, 0.5) is 17.6 Å². The van der Waals surface area contributed by atoms with Gasteiger partial charge in [-0.1, -0.05) is 56.2 Å². The number of benzene rings is 3. The molecular formula is C28H26F4N2O. The first-order chi connectivity index (χ1) is 16.8. The number of hydrogen-bond donors (Lipinski definition) is 0. The maximum atomic E-state index is 15.2. The van der Waals surface area contributed by atoms with Gasteiger partial charge in [-0.3, -0.25) is 0 Å². The number of aryl methyl sites for hydroxylation is 2. The standard InChI is InChI=1S/C28H26F4N2O/c1-2-3-4-15-35-24-17-33-27(34-18-24)22-11-14-25-21(16-22)10-9-20(26(25)29)8-5-19-6-12-23(13-7-19)28(30,31)32/h6-7,9-14,16-18H,2-5,8,15H2,1H3. The van der Waals surface area contributed by atoms with Gasteiger partial charge in [-0.2, -0.15) is 13.2 Å². The van der Waals surface area contributed by atoms with Gasteiger partial charge in [0.2, 0.25) is 0 Å². The van der Waals surface area contributed by atoms with Crippen molar-refractivity contribution in [3.05, 3.63) is 89.5 Å². The maximum absolute atomic E-state index is 15.2. The number of alkyl halides is 3. The van der Waals surface area contributed by atoms with Crippen LogP contribution < -0.4 is 4.74 Å². The first kappa shape index (κ1) is 24.6. The number of ether oxygens (including phenoxy) is 1. The van der Waals surface area contributed by atoms with Gasteiger partial charge >= 0.3 is 6.18 Å². The lowest BCUT2D eigenvalue weighted by Gasteiger charge is -2.10. The van der Waals surface area contributed by atoms with Crippen LogP contribution in [0.1, 0.15) is 42.9 Å². The van der Waals surface area contributed by atoms with E-state index in [1.807, 2.05) is 12.1 Å². The molecule has 3 aromatic carbocycles. The maximum Gasteiger partial charge on any atom is 0.416 e. The molecule has 0 N–H and O–H groups in total. The van der Waals surface area contributed by atoms with E-state index >= 15 is 4.39 Å². The summed E-state index contributed by atoms with van der Waals surface area (Å²) in [5.74, 6) is 0.826. The van der Waals surface area contributed by atoms with Gasteiger partial charge in [0.25, 0.3) is 0 Å². The van der Waals surface area contributed by atoms with Crippen molar-refractivity contribution in [2.75, 3.05) is 6.61 Å². The summed E-state index contributed by atoms with van der Waals surface area (Å²) in [6.45, 7) is 2.77. The van der Waals surface area contributed by atoms with E-state index in [2.05, 4.69) is 16.9 Å². The molecule has 1 heterocycles. The normalized spacial score (nSPS) is 11.7. The molecule has 0 saturated heterocycles. The SMILES string of the molecule is CCCCCOc1cnc(-c2ccc3c(F)c(CCc4ccc(C(F)(F)F)cc4)ccc3c2)nc1. The Morgan fingerprint density at radius 3 is 2.29 bits per heavy atom. The molecule has 7 heteroatoms. The van der Waals surface area contributed by atoms with Crippen LogP contribution in [0, 0.1) is 5.82 Å². The first-order valence-electron chi connectivity index (χ1n) is 11.7. The summed E-state index contributed by atoms with van der Waals surface area (Å²) in [4.78, 5) is 8.76. The molecule has 4 aromatic rings. The third-order valence-electron chi connectivity index (χ3n) is 5.90. The van der Waals surface area contributed by atoms with Gasteiger partial charge in [0, 0.05) is 10.9 Å². The van der Waals surface area contributed by atoms with E-state index in [-0.39, 0.29) is 5.82 Å². The molecule has 0 radical (unpaired) electrons. The number of fused-ring (bicyclic) bond motifs is 1. The van der Waals surface area contributed by atoms with Crippen LogP contribution in [-0.4, -0.2) is 16.6 Å². The second kappa shape index (κ2) is 10.8. The number of nitrogens with zero attached hydrogens (tertiary/aromatic N) is 2. The number of halogens is 4. The average Bonchev–Trinajstić information content (AvgIpc) is 2.86. The van der Waals surface area contributed by atoms with Gasteiger partial charge in [0.05, 0.1) is 24.6 Å². The fourth-order valence-electron chi connectivity index (χ4n) is 3.89. The minimum Gasteiger partial charge on any atom is -0.490 e. The van der Waals surface area contributed by atoms with Gasteiger partial charge in [-0.15, -0.1) is 0 Å². The molecule has 182 valence electrons. The van der Waals surface area contributed by atoms with Gasteiger partial charge < -0.3 is 4.74 Å². The summed E-state index contributed by atoms with van der Waals surface area (Å²) in [6, 6.07) is 13.9. The van der Waals surface area contributed by atoms with Crippen molar-refractivity contribution in [3.8, 4) is 17.1 Å². The molecule has 0 aliphatic heterocycles. The van der Waals surface area contributed by atoms with Crippen LogP contribution in [0.25, 0.3) is 22.2 Å². The molecule has 4 rings (SSSR count). The Kier molecular flexibility index (Phi) is 7.63. The smallest absolute Gasteiger partial charge is 0.416 e. The number of unbranched alkanes of at least 4 members (excludes halogenated alkanes) is 2. The number of rotatable bonds is 9. The summed E-state index contributed by atoms with van der Waals surface area (Å²) in [5, 5.41) is 1.20. The van der Waals surface area contributed by atoms with Gasteiger partial charge in [-0.05, 0) is 54.0 Å². The van der Waals surface area contributed by atoms with Crippen LogP contribution >= 0.6 is 0 Å². The molecule has 0 atom stereocenters. The second-order valence-electron chi connectivity index (χ2n) is 8.47. The van der Waals surface area contributed by atoms with Gasteiger partial charge in [-0.25, -0.2) is 14.4 Å². The summed E-state index contributed by atoms with van der Waals surface area (Å²) in [6.07, 6.45) is 2.98. The van der Waals surface area contributed by atoms with Crippen molar-refractivity contribution in [2.45, 2.75) is 45.2 Å². The minimum absolute atomic E-state index is 0.322. The Morgan fingerprint density at radius 2 is 1.60 bits per heavy atom. The Balaban J connectivity index is 1.44. The van der Waals surface area contributed by atoms with Crippen molar-refractivity contribution in [1.82, 2.24) is 9.97 Å². The molecule has 1 aromatic heterocycles. The zero-order valence-corrected chi connectivity index (χ0v) is 19.4. The van der Waals surface area contributed by atoms with Crippen LogP contribution in [0.15, 0.2) is 67.0 Å². The van der Waals surface area contributed by atoms with Crippen LogP contribution in [-0.2, 0) is 19.0 Å². The van der Waals surface area contributed by atoms with Crippen molar-refractivity contribution in [1.29, 1.82) is 0 Å². The first-order valence-corrected chi connectivity index (χ1v) is 11.7. The molecular weight excluding hydrogens is 456 g/mol. The van der Waals surface area contributed by atoms with Crippen LogP contribution in [0.5, 0.6) is 5.75 Å². The summed E-state index contributed by atoms with van der Waals surface area (Å²) in [5.41, 5.74) is 1.33. The molecule has 35 heavy (non-hydrogen) atoms. The molecule has 0 spiro atoms. The largest absolute Gasteiger partial charge is 0.490 e. The minimum atomic E-state index is -4.36. The molecule has 3 nitrogen and oxygen atoms in total. The third-order valence-corrected chi connectivity index (χ3v) is 5.90.